The van der Waals surface area contributed by atoms with Crippen molar-refractivity contribution in [3.05, 3.63) is 89.1 Å². The van der Waals surface area contributed by atoms with Crippen molar-refractivity contribution < 1.29 is 37.0 Å². The van der Waals surface area contributed by atoms with Crippen LogP contribution in [0.1, 0.15) is 6.42 Å². The van der Waals surface area contributed by atoms with E-state index >= 15 is 0 Å². The Bertz CT molecular complexity index is 1570. The Kier molecular flexibility index (Phi) is 8.05. The predicted molar refractivity (Wildman–Crippen MR) is 154 cm³/mol. The summed E-state index contributed by atoms with van der Waals surface area (Å²) in [6.45, 7) is 4.21. The smallest absolute Gasteiger partial charge is 0.490 e. The number of aryl methyl sites for hydroxylation is 1. The molecular formula is C30H28F3N5O6. The van der Waals surface area contributed by atoms with Crippen molar-refractivity contribution in [3.8, 4) is 29.0 Å². The van der Waals surface area contributed by atoms with Crippen LogP contribution in [0, 0.1) is 10.1 Å². The molecule has 4 aromatic rings. The number of anilines is 2. The fourth-order valence-corrected chi connectivity index (χ4v) is 5.07. The quantitative estimate of drug-likeness (QED) is 0.166. The number of fused-ring (bicyclic) bond motifs is 1. The second-order valence-corrected chi connectivity index (χ2v) is 10.3. The van der Waals surface area contributed by atoms with E-state index in [4.69, 9.17) is 14.2 Å². The van der Waals surface area contributed by atoms with Gasteiger partial charge >= 0.3 is 18.2 Å². The Hall–Kier alpha value is -5.14. The van der Waals surface area contributed by atoms with Crippen molar-refractivity contribution in [2.45, 2.75) is 25.4 Å². The van der Waals surface area contributed by atoms with E-state index in [9.17, 15) is 23.3 Å². The van der Waals surface area contributed by atoms with Gasteiger partial charge in [0.05, 0.1) is 0 Å². The molecule has 2 aliphatic rings. The van der Waals surface area contributed by atoms with Crippen molar-refractivity contribution >= 4 is 17.2 Å². The highest BCUT2D eigenvalue weighted by Gasteiger charge is 2.31. The molecule has 6 rings (SSSR count). The topological polar surface area (TPSA) is 104 Å². The molecule has 230 valence electrons. The number of aromatic nitrogens is 2. The van der Waals surface area contributed by atoms with Crippen molar-refractivity contribution in [3.63, 3.8) is 0 Å². The van der Waals surface area contributed by atoms with E-state index < -0.39 is 11.3 Å². The molecule has 1 unspecified atom stereocenters. The minimum Gasteiger partial charge on any atom is -0.490 e. The van der Waals surface area contributed by atoms with E-state index in [2.05, 4.69) is 19.5 Å². The SMILES string of the molecule is O=[N+]([O-])c1cn2c(n1)OC(COc1ccc(N3CCN(c4ccc(Oc5ccc(OC(F)(F)F)cc5)cc4)CC3)cc1)CC2. The average Bonchev–Trinajstić information content (AvgIpc) is 3.45. The van der Waals surface area contributed by atoms with Crippen LogP contribution in [0.15, 0.2) is 79.0 Å². The van der Waals surface area contributed by atoms with Gasteiger partial charge in [-0.3, -0.25) is 4.57 Å². The van der Waals surface area contributed by atoms with Gasteiger partial charge in [0.1, 0.15) is 41.9 Å². The summed E-state index contributed by atoms with van der Waals surface area (Å²) in [4.78, 5) is 18.9. The third-order valence-corrected chi connectivity index (χ3v) is 7.29. The van der Waals surface area contributed by atoms with Crippen molar-refractivity contribution in [2.75, 3.05) is 42.6 Å². The highest BCUT2D eigenvalue weighted by molar-refractivity contribution is 5.54. The van der Waals surface area contributed by atoms with Crippen LogP contribution < -0.4 is 28.7 Å². The maximum absolute atomic E-state index is 12.3. The van der Waals surface area contributed by atoms with Gasteiger partial charge in [0.25, 0.3) is 0 Å². The third kappa shape index (κ3) is 7.07. The number of alkyl halides is 3. The van der Waals surface area contributed by atoms with Crippen LogP contribution in [0.5, 0.6) is 29.0 Å². The number of piperazine rings is 1. The van der Waals surface area contributed by atoms with Gasteiger partial charge in [0, 0.05) is 55.5 Å². The number of benzene rings is 3. The van der Waals surface area contributed by atoms with E-state index in [1.54, 1.807) is 4.57 Å². The molecular weight excluding hydrogens is 583 g/mol. The molecule has 1 atom stereocenters. The van der Waals surface area contributed by atoms with E-state index in [1.807, 2.05) is 48.5 Å². The lowest BCUT2D eigenvalue weighted by Crippen LogP contribution is -2.46. The number of ether oxygens (including phenoxy) is 4. The first-order valence-corrected chi connectivity index (χ1v) is 13.9. The van der Waals surface area contributed by atoms with Gasteiger partial charge in [0.2, 0.25) is 0 Å². The molecule has 44 heavy (non-hydrogen) atoms. The first kappa shape index (κ1) is 29.0. The summed E-state index contributed by atoms with van der Waals surface area (Å²) in [7, 11) is 0. The van der Waals surface area contributed by atoms with Crippen LogP contribution in [-0.2, 0) is 6.54 Å². The lowest BCUT2D eigenvalue weighted by atomic mass is 10.2. The van der Waals surface area contributed by atoms with Gasteiger partial charge in [0.15, 0.2) is 0 Å². The summed E-state index contributed by atoms with van der Waals surface area (Å²) in [5.74, 6) is 1.16. The van der Waals surface area contributed by atoms with Crippen LogP contribution in [0.2, 0.25) is 0 Å². The highest BCUT2D eigenvalue weighted by atomic mass is 19.4. The summed E-state index contributed by atoms with van der Waals surface area (Å²) in [6.07, 6.45) is -2.94. The number of hydrogen-bond acceptors (Lipinski definition) is 9. The van der Waals surface area contributed by atoms with E-state index in [0.29, 0.717) is 36.8 Å². The zero-order valence-corrected chi connectivity index (χ0v) is 23.4. The Balaban J connectivity index is 0.952. The normalized spacial score (nSPS) is 16.6. The Morgan fingerprint density at radius 2 is 1.34 bits per heavy atom. The molecule has 14 heteroatoms. The van der Waals surface area contributed by atoms with E-state index in [1.165, 1.54) is 30.5 Å². The number of halogens is 3. The Labute approximate surface area is 250 Å². The number of nitro groups is 1. The van der Waals surface area contributed by atoms with Crippen LogP contribution >= 0.6 is 0 Å². The molecule has 0 spiro atoms. The van der Waals surface area contributed by atoms with Crippen LogP contribution in [0.4, 0.5) is 30.4 Å². The monoisotopic (exact) mass is 611 g/mol. The molecule has 1 fully saturated rings. The molecule has 11 nitrogen and oxygen atoms in total. The van der Waals surface area contributed by atoms with E-state index in [-0.39, 0.29) is 23.7 Å². The van der Waals surface area contributed by atoms with Gasteiger partial charge in [-0.1, -0.05) is 0 Å². The van der Waals surface area contributed by atoms with E-state index in [0.717, 1.165) is 37.6 Å². The standard InChI is InChI=1S/C30H28F3N5O6/c31-30(32,33)44-26-11-9-25(10-12-26)42-24-7-3-22(4-8-24)36-17-15-35(16-18-36)21-1-5-23(6-2-21)41-20-27-13-14-37-19-28(38(39)40)34-29(37)43-27/h1-12,19,27H,13-18,20H2. The summed E-state index contributed by atoms with van der Waals surface area (Å²) in [6, 6.07) is 21.0. The lowest BCUT2D eigenvalue weighted by molar-refractivity contribution is -0.389. The minimum atomic E-state index is -4.74. The van der Waals surface area contributed by atoms with Crippen molar-refractivity contribution in [1.82, 2.24) is 9.55 Å². The molecule has 0 aliphatic carbocycles. The van der Waals surface area contributed by atoms with Gasteiger partial charge in [-0.2, -0.15) is 0 Å². The van der Waals surface area contributed by atoms with Gasteiger partial charge in [-0.25, -0.2) is 0 Å². The fraction of sp³-hybridized carbons (Fsp3) is 0.300. The zero-order chi connectivity index (χ0) is 30.7. The van der Waals surface area contributed by atoms with Gasteiger partial charge in [-0.05, 0) is 77.7 Å². The number of imidazole rings is 1. The molecule has 3 heterocycles. The molecule has 0 bridgehead atoms. The average molecular weight is 612 g/mol. The minimum absolute atomic E-state index is 0.227. The summed E-state index contributed by atoms with van der Waals surface area (Å²) in [5, 5.41) is 10.9. The zero-order valence-electron chi connectivity index (χ0n) is 23.4. The summed E-state index contributed by atoms with van der Waals surface area (Å²) < 4.78 is 60.0. The van der Waals surface area contributed by atoms with Crippen LogP contribution in [0.25, 0.3) is 0 Å². The van der Waals surface area contributed by atoms with Crippen LogP contribution in [-0.4, -0.2) is 59.7 Å². The Morgan fingerprint density at radius 3 is 1.89 bits per heavy atom. The largest absolute Gasteiger partial charge is 0.573 e. The molecule has 1 saturated heterocycles. The second kappa shape index (κ2) is 12.2. The predicted octanol–water partition coefficient (Wildman–Crippen LogP) is 6.04. The fourth-order valence-electron chi connectivity index (χ4n) is 5.07. The van der Waals surface area contributed by atoms with Crippen molar-refractivity contribution in [2.24, 2.45) is 0 Å². The number of nitrogens with zero attached hydrogens (tertiary/aromatic N) is 5. The lowest BCUT2D eigenvalue weighted by Gasteiger charge is -2.37. The van der Waals surface area contributed by atoms with Crippen molar-refractivity contribution in [1.29, 1.82) is 0 Å². The Morgan fingerprint density at radius 1 is 0.818 bits per heavy atom. The molecule has 2 aliphatic heterocycles. The number of rotatable bonds is 9. The maximum atomic E-state index is 12.3. The van der Waals surface area contributed by atoms with Crippen LogP contribution in [0.3, 0.4) is 0 Å². The third-order valence-electron chi connectivity index (χ3n) is 7.29. The maximum Gasteiger partial charge on any atom is 0.573 e. The first-order chi connectivity index (χ1) is 21.2. The molecule has 0 radical (unpaired) electrons. The molecule has 1 aromatic heterocycles. The van der Waals surface area contributed by atoms with Gasteiger partial charge < -0.3 is 38.9 Å². The second-order valence-electron chi connectivity index (χ2n) is 10.3. The summed E-state index contributed by atoms with van der Waals surface area (Å²) >= 11 is 0. The van der Waals surface area contributed by atoms with Gasteiger partial charge in [-0.15, -0.1) is 13.2 Å². The molecule has 0 N–H and O–H groups in total. The first-order valence-electron chi connectivity index (χ1n) is 13.9. The molecule has 0 amide bonds. The number of hydrogen-bond donors (Lipinski definition) is 0. The molecule has 3 aromatic carbocycles. The molecule has 0 saturated carbocycles. The summed E-state index contributed by atoms with van der Waals surface area (Å²) in [5.41, 5.74) is 2.15. The highest BCUT2D eigenvalue weighted by Crippen LogP contribution is 2.30.